The first-order valence-corrected chi connectivity index (χ1v) is 10.9. The Labute approximate surface area is 166 Å². The number of aromatic hydroxyl groups is 1. The first kappa shape index (κ1) is 21.5. The molecule has 2 aromatic carbocycles. The molecule has 0 radical (unpaired) electrons. The molecule has 0 amide bonds. The van der Waals surface area contributed by atoms with Gasteiger partial charge in [-0.1, -0.05) is 90.8 Å². The van der Waals surface area contributed by atoms with Crippen LogP contribution >= 0.6 is 0 Å². The highest BCUT2D eigenvalue weighted by Gasteiger charge is 2.19. The number of benzene rings is 2. The number of phenolic OH excluding ortho intramolecular Hbond substituents is 1. The molecular formula is C26H38O. The van der Waals surface area contributed by atoms with Gasteiger partial charge in [-0.25, -0.2) is 0 Å². The lowest BCUT2D eigenvalue weighted by atomic mass is 9.82. The van der Waals surface area contributed by atoms with Crippen LogP contribution in [0.1, 0.15) is 107 Å². The monoisotopic (exact) mass is 366 g/mol. The minimum Gasteiger partial charge on any atom is -0.508 e. The van der Waals surface area contributed by atoms with Gasteiger partial charge in [-0.3, -0.25) is 0 Å². The molecule has 1 nitrogen and oxygen atoms in total. The van der Waals surface area contributed by atoms with Gasteiger partial charge in [0.15, 0.2) is 0 Å². The molecule has 148 valence electrons. The van der Waals surface area contributed by atoms with E-state index in [1.165, 1.54) is 29.5 Å². The Bertz CT molecular complexity index is 710. The molecule has 0 aliphatic carbocycles. The zero-order chi connectivity index (χ0) is 20.0. The largest absolute Gasteiger partial charge is 0.508 e. The summed E-state index contributed by atoms with van der Waals surface area (Å²) in [6, 6.07) is 15.3. The second-order valence-electron chi connectivity index (χ2n) is 8.09. The van der Waals surface area contributed by atoms with Gasteiger partial charge in [-0.15, -0.1) is 0 Å². The predicted octanol–water partition coefficient (Wildman–Crippen LogP) is 7.99. The third kappa shape index (κ3) is 4.94. The molecule has 1 heteroatoms. The van der Waals surface area contributed by atoms with Crippen molar-refractivity contribution in [3.05, 3.63) is 64.7 Å². The summed E-state index contributed by atoms with van der Waals surface area (Å²) in [5.41, 5.74) is 5.21. The van der Waals surface area contributed by atoms with Crippen LogP contribution in [0.2, 0.25) is 0 Å². The van der Waals surface area contributed by atoms with Gasteiger partial charge < -0.3 is 5.11 Å². The lowest BCUT2D eigenvalue weighted by Gasteiger charge is -2.23. The summed E-state index contributed by atoms with van der Waals surface area (Å²) in [6.45, 7) is 13.6. The molecule has 0 bridgehead atoms. The van der Waals surface area contributed by atoms with Crippen molar-refractivity contribution in [2.45, 2.75) is 85.0 Å². The normalized spacial score (nSPS) is 13.9. The van der Waals surface area contributed by atoms with Crippen LogP contribution in [0.15, 0.2) is 42.5 Å². The van der Waals surface area contributed by atoms with Gasteiger partial charge in [0, 0.05) is 5.92 Å². The summed E-state index contributed by atoms with van der Waals surface area (Å²) in [5, 5.41) is 10.4. The summed E-state index contributed by atoms with van der Waals surface area (Å²) >= 11 is 0. The molecule has 1 N–H and O–H groups in total. The number of phenols is 1. The molecular weight excluding hydrogens is 328 g/mol. The highest BCUT2D eigenvalue weighted by Crippen LogP contribution is 2.36. The van der Waals surface area contributed by atoms with Crippen LogP contribution in [-0.4, -0.2) is 5.11 Å². The van der Waals surface area contributed by atoms with Crippen LogP contribution < -0.4 is 0 Å². The van der Waals surface area contributed by atoms with Crippen molar-refractivity contribution in [1.29, 1.82) is 0 Å². The lowest BCUT2D eigenvalue weighted by Crippen LogP contribution is -2.09. The van der Waals surface area contributed by atoms with Gasteiger partial charge >= 0.3 is 0 Å². The van der Waals surface area contributed by atoms with E-state index in [1.807, 2.05) is 6.07 Å². The van der Waals surface area contributed by atoms with Crippen molar-refractivity contribution < 1.29 is 5.11 Å². The minimum atomic E-state index is 0.326. The Kier molecular flexibility index (Phi) is 7.95. The molecule has 2 atom stereocenters. The van der Waals surface area contributed by atoms with Crippen molar-refractivity contribution in [1.82, 2.24) is 0 Å². The second kappa shape index (κ2) is 9.97. The molecule has 2 aromatic rings. The van der Waals surface area contributed by atoms with Crippen LogP contribution in [0, 0.1) is 5.92 Å². The van der Waals surface area contributed by atoms with Crippen LogP contribution in [0.4, 0.5) is 0 Å². The van der Waals surface area contributed by atoms with Crippen LogP contribution in [-0.2, 0) is 0 Å². The van der Waals surface area contributed by atoms with Crippen LogP contribution in [0.3, 0.4) is 0 Å². The molecule has 0 aliphatic heterocycles. The molecule has 0 aromatic heterocycles. The Balaban J connectivity index is 2.34. The third-order valence-corrected chi connectivity index (χ3v) is 6.67. The van der Waals surface area contributed by atoms with Crippen molar-refractivity contribution in [2.24, 2.45) is 5.92 Å². The topological polar surface area (TPSA) is 20.2 Å². The Morgan fingerprint density at radius 1 is 0.741 bits per heavy atom. The summed E-state index contributed by atoms with van der Waals surface area (Å²) < 4.78 is 0. The van der Waals surface area contributed by atoms with Crippen molar-refractivity contribution in [3.8, 4) is 5.75 Å². The van der Waals surface area contributed by atoms with E-state index in [4.69, 9.17) is 0 Å². The Hall–Kier alpha value is -1.76. The third-order valence-electron chi connectivity index (χ3n) is 6.67. The molecule has 0 saturated heterocycles. The SMILES string of the molecule is CCC(CC)c1cc(C(C)c2cccc(C(C)C(CC)CC)c2)ccc1O. The first-order chi connectivity index (χ1) is 13.0. The average Bonchev–Trinajstić information content (AvgIpc) is 2.70. The van der Waals surface area contributed by atoms with E-state index < -0.39 is 0 Å². The molecule has 0 spiro atoms. The Morgan fingerprint density at radius 3 is 1.93 bits per heavy atom. The maximum Gasteiger partial charge on any atom is 0.119 e. The molecule has 0 fully saturated rings. The van der Waals surface area contributed by atoms with Crippen LogP contribution in [0.5, 0.6) is 5.75 Å². The van der Waals surface area contributed by atoms with E-state index >= 15 is 0 Å². The van der Waals surface area contributed by atoms with Gasteiger partial charge in [-0.05, 0) is 58.9 Å². The van der Waals surface area contributed by atoms with Gasteiger partial charge in [-0.2, -0.15) is 0 Å². The zero-order valence-electron chi connectivity index (χ0n) is 18.1. The predicted molar refractivity (Wildman–Crippen MR) is 118 cm³/mol. The van der Waals surface area contributed by atoms with E-state index in [0.717, 1.165) is 24.3 Å². The van der Waals surface area contributed by atoms with Gasteiger partial charge in [0.2, 0.25) is 0 Å². The second-order valence-corrected chi connectivity index (χ2v) is 8.09. The van der Waals surface area contributed by atoms with E-state index in [-0.39, 0.29) is 0 Å². The average molecular weight is 367 g/mol. The van der Waals surface area contributed by atoms with Crippen molar-refractivity contribution in [2.75, 3.05) is 0 Å². The number of hydrogen-bond donors (Lipinski definition) is 1. The Morgan fingerprint density at radius 2 is 1.33 bits per heavy atom. The quantitative estimate of drug-likeness (QED) is 0.477. The standard InChI is InChI=1S/C26H38O/c1-7-20(8-2)18(5)22-12-11-13-23(16-22)19(6)24-14-15-26(27)25(17-24)21(9-3)10-4/h11-21,27H,7-10H2,1-6H3. The zero-order valence-corrected chi connectivity index (χ0v) is 18.1. The smallest absolute Gasteiger partial charge is 0.119 e. The molecule has 0 heterocycles. The van der Waals surface area contributed by atoms with Gasteiger partial charge in [0.25, 0.3) is 0 Å². The summed E-state index contributed by atoms with van der Waals surface area (Å²) in [4.78, 5) is 0. The summed E-state index contributed by atoms with van der Waals surface area (Å²) in [5.74, 6) is 2.53. The summed E-state index contributed by atoms with van der Waals surface area (Å²) in [6.07, 6.45) is 4.58. The molecule has 2 rings (SSSR count). The van der Waals surface area contributed by atoms with E-state index in [2.05, 4.69) is 77.9 Å². The lowest BCUT2D eigenvalue weighted by molar-refractivity contribution is 0.418. The highest BCUT2D eigenvalue weighted by molar-refractivity contribution is 5.43. The number of rotatable bonds is 9. The van der Waals surface area contributed by atoms with Crippen molar-refractivity contribution >= 4 is 0 Å². The van der Waals surface area contributed by atoms with E-state index in [0.29, 0.717) is 23.5 Å². The minimum absolute atomic E-state index is 0.326. The maximum atomic E-state index is 10.4. The highest BCUT2D eigenvalue weighted by atomic mass is 16.3. The fourth-order valence-electron chi connectivity index (χ4n) is 4.47. The van der Waals surface area contributed by atoms with Crippen molar-refractivity contribution in [3.63, 3.8) is 0 Å². The maximum absolute atomic E-state index is 10.4. The number of hydrogen-bond acceptors (Lipinski definition) is 1. The van der Waals surface area contributed by atoms with Gasteiger partial charge in [0.05, 0.1) is 0 Å². The van der Waals surface area contributed by atoms with Gasteiger partial charge in [0.1, 0.15) is 5.75 Å². The van der Waals surface area contributed by atoms with Crippen LogP contribution in [0.25, 0.3) is 0 Å². The summed E-state index contributed by atoms with van der Waals surface area (Å²) in [7, 11) is 0. The molecule has 0 saturated carbocycles. The first-order valence-electron chi connectivity index (χ1n) is 10.9. The molecule has 27 heavy (non-hydrogen) atoms. The fourth-order valence-corrected chi connectivity index (χ4v) is 4.47. The van der Waals surface area contributed by atoms with E-state index in [1.54, 1.807) is 0 Å². The molecule has 2 unspecified atom stereocenters. The molecule has 0 aliphatic rings. The van der Waals surface area contributed by atoms with E-state index in [9.17, 15) is 5.11 Å². The fraction of sp³-hybridized carbons (Fsp3) is 0.538.